The molecule has 21 heavy (non-hydrogen) atoms. The molecule has 2 amide bonds. The normalized spacial score (nSPS) is 18.4. The van der Waals surface area contributed by atoms with Crippen LogP contribution in [0, 0.1) is 5.82 Å². The Morgan fingerprint density at radius 3 is 2.95 bits per heavy atom. The van der Waals surface area contributed by atoms with Crippen LogP contribution in [0.3, 0.4) is 0 Å². The number of ether oxygens (including phenoxy) is 1. The third-order valence-electron chi connectivity index (χ3n) is 3.09. The van der Waals surface area contributed by atoms with Crippen molar-refractivity contribution in [3.05, 3.63) is 29.0 Å². The second kappa shape index (κ2) is 6.73. The number of benzene rings is 1. The standard InChI is InChI=1S/C13H14ClFN2O4/c14-9-2-1-3-10(15)12(9)16-13(20)17-4-5-21-7-8(17)6-11(18)19/h1-3,8H,4-7H2,(H,16,20)(H,18,19). The van der Waals surface area contributed by atoms with Crippen molar-refractivity contribution in [2.24, 2.45) is 0 Å². The first-order valence-corrected chi connectivity index (χ1v) is 6.68. The molecule has 6 nitrogen and oxygen atoms in total. The summed E-state index contributed by atoms with van der Waals surface area (Å²) in [5.74, 6) is -1.69. The molecular formula is C13H14ClFN2O4. The maximum atomic E-state index is 13.6. The number of carbonyl (C=O) groups excluding carboxylic acids is 1. The Hall–Kier alpha value is -1.86. The van der Waals surface area contributed by atoms with Gasteiger partial charge in [0.2, 0.25) is 0 Å². The minimum Gasteiger partial charge on any atom is -0.481 e. The monoisotopic (exact) mass is 316 g/mol. The van der Waals surface area contributed by atoms with E-state index in [9.17, 15) is 14.0 Å². The number of hydrogen-bond donors (Lipinski definition) is 2. The van der Waals surface area contributed by atoms with Gasteiger partial charge in [-0.15, -0.1) is 0 Å². The van der Waals surface area contributed by atoms with Gasteiger partial charge in [0.15, 0.2) is 0 Å². The fraction of sp³-hybridized carbons (Fsp3) is 0.385. The van der Waals surface area contributed by atoms with Gasteiger partial charge in [-0.2, -0.15) is 0 Å². The zero-order valence-corrected chi connectivity index (χ0v) is 11.8. The predicted molar refractivity (Wildman–Crippen MR) is 74.0 cm³/mol. The fourth-order valence-electron chi connectivity index (χ4n) is 2.09. The van der Waals surface area contributed by atoms with Crippen molar-refractivity contribution >= 4 is 29.3 Å². The molecule has 0 radical (unpaired) electrons. The smallest absolute Gasteiger partial charge is 0.322 e. The number of anilines is 1. The Labute approximate surface area is 125 Å². The first-order chi connectivity index (χ1) is 9.99. The van der Waals surface area contributed by atoms with E-state index in [1.807, 2.05) is 0 Å². The third-order valence-corrected chi connectivity index (χ3v) is 3.41. The van der Waals surface area contributed by atoms with Gasteiger partial charge >= 0.3 is 12.0 Å². The van der Waals surface area contributed by atoms with Crippen LogP contribution in [0.15, 0.2) is 18.2 Å². The van der Waals surface area contributed by atoms with Gasteiger partial charge in [-0.05, 0) is 12.1 Å². The number of carboxylic acids is 1. The lowest BCUT2D eigenvalue weighted by atomic mass is 10.1. The van der Waals surface area contributed by atoms with Crippen LogP contribution in [-0.4, -0.2) is 47.8 Å². The number of nitrogens with one attached hydrogen (secondary N) is 1. The summed E-state index contributed by atoms with van der Waals surface area (Å²) in [6.45, 7) is 0.662. The number of carboxylic acid groups (broad SMARTS) is 1. The van der Waals surface area contributed by atoms with Crippen molar-refractivity contribution in [1.29, 1.82) is 0 Å². The lowest BCUT2D eigenvalue weighted by Crippen LogP contribution is -2.51. The van der Waals surface area contributed by atoms with Crippen LogP contribution < -0.4 is 5.32 Å². The Kier molecular flexibility index (Phi) is 4.98. The fourth-order valence-corrected chi connectivity index (χ4v) is 2.30. The highest BCUT2D eigenvalue weighted by Gasteiger charge is 2.29. The third kappa shape index (κ3) is 3.83. The Bertz CT molecular complexity index is 535. The summed E-state index contributed by atoms with van der Waals surface area (Å²) >= 11 is 5.84. The molecule has 0 aliphatic carbocycles. The van der Waals surface area contributed by atoms with E-state index < -0.39 is 23.9 Å². The summed E-state index contributed by atoms with van der Waals surface area (Å²) in [4.78, 5) is 24.3. The summed E-state index contributed by atoms with van der Waals surface area (Å²) < 4.78 is 18.8. The lowest BCUT2D eigenvalue weighted by Gasteiger charge is -2.34. The number of hydrogen-bond acceptors (Lipinski definition) is 3. The van der Waals surface area contributed by atoms with Crippen LogP contribution >= 0.6 is 11.6 Å². The van der Waals surface area contributed by atoms with Gasteiger partial charge in [-0.1, -0.05) is 17.7 Å². The van der Waals surface area contributed by atoms with Crippen molar-refractivity contribution in [2.45, 2.75) is 12.5 Å². The molecule has 8 heteroatoms. The van der Waals surface area contributed by atoms with Crippen LogP contribution in [0.5, 0.6) is 0 Å². The summed E-state index contributed by atoms with van der Waals surface area (Å²) in [7, 11) is 0. The van der Waals surface area contributed by atoms with E-state index in [4.69, 9.17) is 21.4 Å². The van der Waals surface area contributed by atoms with Crippen molar-refractivity contribution in [3.8, 4) is 0 Å². The van der Waals surface area contributed by atoms with Gasteiger partial charge in [0.05, 0.1) is 36.4 Å². The van der Waals surface area contributed by atoms with Gasteiger partial charge in [-0.3, -0.25) is 4.79 Å². The molecule has 0 aromatic heterocycles. The summed E-state index contributed by atoms with van der Waals surface area (Å²) in [6.07, 6.45) is -0.238. The minimum absolute atomic E-state index is 0.0754. The maximum Gasteiger partial charge on any atom is 0.322 e. The number of halogens is 2. The number of morpholine rings is 1. The van der Waals surface area contributed by atoms with Crippen LogP contribution in [0.25, 0.3) is 0 Å². The first kappa shape index (κ1) is 15.5. The largest absolute Gasteiger partial charge is 0.481 e. The predicted octanol–water partition coefficient (Wildman–Crippen LogP) is 2.19. The van der Waals surface area contributed by atoms with E-state index in [1.54, 1.807) is 0 Å². The van der Waals surface area contributed by atoms with Crippen molar-refractivity contribution in [1.82, 2.24) is 4.90 Å². The number of nitrogens with zero attached hydrogens (tertiary/aromatic N) is 1. The van der Waals surface area contributed by atoms with E-state index in [0.717, 1.165) is 0 Å². The highest BCUT2D eigenvalue weighted by Crippen LogP contribution is 2.25. The molecule has 1 atom stereocenters. The molecule has 114 valence electrons. The molecule has 0 saturated carbocycles. The Morgan fingerprint density at radius 2 is 2.29 bits per heavy atom. The van der Waals surface area contributed by atoms with Gasteiger partial charge in [-0.25, -0.2) is 9.18 Å². The molecule has 1 aromatic carbocycles. The highest BCUT2D eigenvalue weighted by molar-refractivity contribution is 6.33. The van der Waals surface area contributed by atoms with Gasteiger partial charge < -0.3 is 20.1 Å². The number of rotatable bonds is 3. The van der Waals surface area contributed by atoms with Crippen LogP contribution in [0.4, 0.5) is 14.9 Å². The summed E-state index contributed by atoms with van der Waals surface area (Å²) in [5.41, 5.74) is -0.121. The van der Waals surface area contributed by atoms with Crippen LogP contribution in [0.2, 0.25) is 5.02 Å². The van der Waals surface area contributed by atoms with E-state index >= 15 is 0 Å². The maximum absolute atomic E-state index is 13.6. The van der Waals surface area contributed by atoms with Gasteiger partial charge in [0.1, 0.15) is 5.82 Å². The molecule has 1 aliphatic rings. The second-order valence-electron chi connectivity index (χ2n) is 4.55. The lowest BCUT2D eigenvalue weighted by molar-refractivity contribution is -0.139. The van der Waals surface area contributed by atoms with Crippen LogP contribution in [-0.2, 0) is 9.53 Å². The van der Waals surface area contributed by atoms with E-state index in [0.29, 0.717) is 6.61 Å². The molecule has 1 aromatic rings. The minimum atomic E-state index is -1.03. The molecule has 2 N–H and O–H groups in total. The average molecular weight is 317 g/mol. The number of amides is 2. The molecule has 1 fully saturated rings. The molecule has 1 aliphatic heterocycles. The van der Waals surface area contributed by atoms with E-state index in [2.05, 4.69) is 5.32 Å². The zero-order chi connectivity index (χ0) is 15.4. The summed E-state index contributed by atoms with van der Waals surface area (Å²) in [6, 6.07) is 2.86. The molecule has 0 spiro atoms. The van der Waals surface area contributed by atoms with E-state index in [1.165, 1.54) is 23.1 Å². The molecule has 1 heterocycles. The SMILES string of the molecule is O=C(O)CC1COCCN1C(=O)Nc1c(F)cccc1Cl. The highest BCUT2D eigenvalue weighted by atomic mass is 35.5. The van der Waals surface area contributed by atoms with Gasteiger partial charge in [0, 0.05) is 6.54 Å². The Morgan fingerprint density at radius 1 is 1.52 bits per heavy atom. The summed E-state index contributed by atoms with van der Waals surface area (Å²) in [5, 5.41) is 11.3. The van der Waals surface area contributed by atoms with E-state index in [-0.39, 0.29) is 30.3 Å². The second-order valence-corrected chi connectivity index (χ2v) is 4.95. The number of para-hydroxylation sites is 1. The van der Waals surface area contributed by atoms with Crippen molar-refractivity contribution in [3.63, 3.8) is 0 Å². The van der Waals surface area contributed by atoms with Crippen molar-refractivity contribution in [2.75, 3.05) is 25.1 Å². The Balaban J connectivity index is 2.12. The molecular weight excluding hydrogens is 303 g/mol. The first-order valence-electron chi connectivity index (χ1n) is 6.30. The molecule has 2 rings (SSSR count). The number of urea groups is 1. The molecule has 1 unspecified atom stereocenters. The topological polar surface area (TPSA) is 78.9 Å². The van der Waals surface area contributed by atoms with Gasteiger partial charge in [0.25, 0.3) is 0 Å². The molecule has 1 saturated heterocycles. The average Bonchev–Trinajstić information content (AvgIpc) is 2.43. The number of aliphatic carboxylic acids is 1. The van der Waals surface area contributed by atoms with Crippen molar-refractivity contribution < 1.29 is 23.8 Å². The quantitative estimate of drug-likeness (QED) is 0.896. The molecule has 0 bridgehead atoms. The number of carbonyl (C=O) groups is 2. The van der Waals surface area contributed by atoms with Crippen LogP contribution in [0.1, 0.15) is 6.42 Å². The zero-order valence-electron chi connectivity index (χ0n) is 11.0.